The number of H-pyrrole nitrogens is 1. The number of thiophene rings is 1. The average molecular weight is 514 g/mol. The summed E-state index contributed by atoms with van der Waals surface area (Å²) in [6, 6.07) is 4.14. The Labute approximate surface area is 195 Å². The molecule has 0 unspecified atom stereocenters. The van der Waals surface area contributed by atoms with Crippen molar-refractivity contribution in [2.75, 3.05) is 38.2 Å². The van der Waals surface area contributed by atoms with Gasteiger partial charge >= 0.3 is 6.03 Å². The van der Waals surface area contributed by atoms with Gasteiger partial charge in [0.1, 0.15) is 17.0 Å². The van der Waals surface area contributed by atoms with Crippen molar-refractivity contribution in [2.45, 2.75) is 13.0 Å². The second kappa shape index (κ2) is 7.98. The molecule has 0 spiro atoms. The number of halogens is 1. The number of hydrogen-bond acceptors (Lipinski definition) is 7. The summed E-state index contributed by atoms with van der Waals surface area (Å²) in [6.07, 6.45) is 4.18. The Hall–Kier alpha value is -2.76. The normalized spacial score (nSPS) is 16.5. The lowest BCUT2D eigenvalue weighted by atomic mass is 10.0. The standard InChI is InChI=1S/C21H20BrN7O2S/c22-14-8-15-12(9-25-27-15)7-16(14)26-19-18-13-1-2-29(21(30)28-3-5-31-6-4-28)10-17(13)32-20(18)24-11-23-19/h7-9,11H,1-6,10H2,(H,25,27)(H,23,24,26). The van der Waals surface area contributed by atoms with E-state index in [1.54, 1.807) is 23.9 Å². The van der Waals surface area contributed by atoms with E-state index >= 15 is 0 Å². The lowest BCUT2D eigenvalue weighted by Gasteiger charge is -2.34. The topological polar surface area (TPSA) is 99.3 Å². The first kappa shape index (κ1) is 19.9. The molecule has 0 aliphatic carbocycles. The number of urea groups is 1. The van der Waals surface area contributed by atoms with Crippen LogP contribution in [0.15, 0.2) is 29.1 Å². The summed E-state index contributed by atoms with van der Waals surface area (Å²) in [6.45, 7) is 3.83. The first-order chi connectivity index (χ1) is 15.7. The molecule has 164 valence electrons. The number of anilines is 2. The molecule has 1 saturated heterocycles. The van der Waals surface area contributed by atoms with Crippen molar-refractivity contribution < 1.29 is 9.53 Å². The Morgan fingerprint density at radius 2 is 2.06 bits per heavy atom. The van der Waals surface area contributed by atoms with E-state index in [1.807, 2.05) is 21.9 Å². The van der Waals surface area contributed by atoms with Crippen LogP contribution in [0.3, 0.4) is 0 Å². The number of rotatable bonds is 2. The van der Waals surface area contributed by atoms with Gasteiger partial charge in [0.05, 0.1) is 42.5 Å². The van der Waals surface area contributed by atoms with Crippen LogP contribution in [0, 0.1) is 0 Å². The maximum Gasteiger partial charge on any atom is 0.320 e. The molecule has 2 aliphatic rings. The second-order valence-electron chi connectivity index (χ2n) is 7.87. The van der Waals surface area contributed by atoms with Gasteiger partial charge in [0, 0.05) is 34.4 Å². The van der Waals surface area contributed by atoms with Gasteiger partial charge in [-0.15, -0.1) is 11.3 Å². The van der Waals surface area contributed by atoms with Crippen molar-refractivity contribution >= 4 is 65.9 Å². The van der Waals surface area contributed by atoms with Crippen LogP contribution >= 0.6 is 27.3 Å². The average Bonchev–Trinajstić information content (AvgIpc) is 3.43. The zero-order chi connectivity index (χ0) is 21.7. The molecule has 5 heterocycles. The SMILES string of the molecule is O=C(N1CCOCC1)N1CCc2c(sc3ncnc(Nc4cc5cn[nH]c5cc4Br)c23)C1. The highest BCUT2D eigenvalue weighted by Gasteiger charge is 2.29. The largest absolute Gasteiger partial charge is 0.378 e. The smallest absolute Gasteiger partial charge is 0.320 e. The molecule has 32 heavy (non-hydrogen) atoms. The van der Waals surface area contributed by atoms with E-state index in [9.17, 15) is 4.79 Å². The number of amides is 2. The molecule has 2 N–H and O–H groups in total. The third-order valence-corrected chi connectivity index (χ3v) is 7.75. The molecule has 2 aliphatic heterocycles. The number of nitrogens with zero attached hydrogens (tertiary/aromatic N) is 5. The van der Waals surface area contributed by atoms with Crippen molar-refractivity contribution in [1.29, 1.82) is 0 Å². The van der Waals surface area contributed by atoms with E-state index in [0.717, 1.165) is 43.5 Å². The molecule has 4 aromatic rings. The van der Waals surface area contributed by atoms with E-state index in [-0.39, 0.29) is 6.03 Å². The van der Waals surface area contributed by atoms with Gasteiger partial charge in [-0.05, 0) is 40.0 Å². The number of aromatic nitrogens is 4. The van der Waals surface area contributed by atoms with Gasteiger partial charge in [-0.1, -0.05) is 0 Å². The molecule has 1 fully saturated rings. The number of benzene rings is 1. The predicted molar refractivity (Wildman–Crippen MR) is 126 cm³/mol. The number of morpholine rings is 1. The van der Waals surface area contributed by atoms with E-state index in [2.05, 4.69) is 41.4 Å². The van der Waals surface area contributed by atoms with Crippen LogP contribution in [0.1, 0.15) is 10.4 Å². The lowest BCUT2D eigenvalue weighted by Crippen LogP contribution is -2.49. The van der Waals surface area contributed by atoms with Gasteiger partial charge in [-0.2, -0.15) is 5.10 Å². The molecule has 1 aromatic carbocycles. The summed E-state index contributed by atoms with van der Waals surface area (Å²) in [5, 5.41) is 12.6. The van der Waals surface area contributed by atoms with Gasteiger partial charge in [-0.25, -0.2) is 14.8 Å². The summed E-state index contributed by atoms with van der Waals surface area (Å²) in [5.74, 6) is 0.781. The Kier molecular flexibility index (Phi) is 4.96. The van der Waals surface area contributed by atoms with Crippen LogP contribution in [0.2, 0.25) is 0 Å². The fourth-order valence-electron chi connectivity index (χ4n) is 4.33. The molecule has 0 bridgehead atoms. The van der Waals surface area contributed by atoms with Crippen molar-refractivity contribution in [3.63, 3.8) is 0 Å². The molecule has 0 atom stereocenters. The summed E-state index contributed by atoms with van der Waals surface area (Å²) in [7, 11) is 0. The molecule has 3 aromatic heterocycles. The Morgan fingerprint density at radius 1 is 1.19 bits per heavy atom. The minimum absolute atomic E-state index is 0.0955. The van der Waals surface area contributed by atoms with Gasteiger partial charge in [0.15, 0.2) is 0 Å². The van der Waals surface area contributed by atoms with E-state index < -0.39 is 0 Å². The minimum Gasteiger partial charge on any atom is -0.378 e. The summed E-state index contributed by atoms with van der Waals surface area (Å²) in [4.78, 5) is 28.0. The van der Waals surface area contributed by atoms with Crippen molar-refractivity contribution in [3.8, 4) is 0 Å². The van der Waals surface area contributed by atoms with Gasteiger partial charge in [0.25, 0.3) is 0 Å². The molecule has 0 radical (unpaired) electrons. The Balaban J connectivity index is 1.32. The van der Waals surface area contributed by atoms with E-state index in [4.69, 9.17) is 4.74 Å². The van der Waals surface area contributed by atoms with Crippen LogP contribution in [0.5, 0.6) is 0 Å². The van der Waals surface area contributed by atoms with Crippen molar-refractivity contribution in [1.82, 2.24) is 30.0 Å². The summed E-state index contributed by atoms with van der Waals surface area (Å²) < 4.78 is 6.31. The van der Waals surface area contributed by atoms with E-state index in [0.29, 0.717) is 39.4 Å². The second-order valence-corrected chi connectivity index (χ2v) is 9.81. The monoisotopic (exact) mass is 513 g/mol. The first-order valence-electron chi connectivity index (χ1n) is 10.4. The van der Waals surface area contributed by atoms with Gasteiger partial charge in [0.2, 0.25) is 0 Å². The van der Waals surface area contributed by atoms with Gasteiger partial charge in [-0.3, -0.25) is 5.10 Å². The number of fused-ring (bicyclic) bond motifs is 4. The maximum atomic E-state index is 13.0. The molecule has 6 rings (SSSR count). The molecule has 2 amide bonds. The number of carbonyl (C=O) groups excluding carboxylic acids is 1. The van der Waals surface area contributed by atoms with Gasteiger partial charge < -0.3 is 19.9 Å². The zero-order valence-corrected chi connectivity index (χ0v) is 19.5. The third-order valence-electron chi connectivity index (χ3n) is 5.97. The fourth-order valence-corrected chi connectivity index (χ4v) is 5.97. The lowest BCUT2D eigenvalue weighted by molar-refractivity contribution is 0.0423. The highest BCUT2D eigenvalue weighted by molar-refractivity contribution is 9.10. The maximum absolute atomic E-state index is 13.0. The highest BCUT2D eigenvalue weighted by Crippen LogP contribution is 2.39. The van der Waals surface area contributed by atoms with E-state index in [1.165, 1.54) is 10.4 Å². The Bertz CT molecular complexity index is 1330. The molecule has 11 heteroatoms. The molecule has 0 saturated carbocycles. The number of aromatic amines is 1. The van der Waals surface area contributed by atoms with Crippen LogP contribution in [0.25, 0.3) is 21.1 Å². The number of carbonyl (C=O) groups is 1. The summed E-state index contributed by atoms with van der Waals surface area (Å²) >= 11 is 5.29. The molecular weight excluding hydrogens is 494 g/mol. The predicted octanol–water partition coefficient (Wildman–Crippen LogP) is 3.88. The highest BCUT2D eigenvalue weighted by atomic mass is 79.9. The van der Waals surface area contributed by atoms with Crippen LogP contribution in [0.4, 0.5) is 16.3 Å². The number of hydrogen-bond donors (Lipinski definition) is 2. The van der Waals surface area contributed by atoms with Crippen molar-refractivity contribution in [2.24, 2.45) is 0 Å². The Morgan fingerprint density at radius 3 is 2.94 bits per heavy atom. The molecular formula is C21H20BrN7O2S. The van der Waals surface area contributed by atoms with Crippen LogP contribution in [-0.2, 0) is 17.7 Å². The van der Waals surface area contributed by atoms with Crippen molar-refractivity contribution in [3.05, 3.63) is 39.6 Å². The van der Waals surface area contributed by atoms with Crippen LogP contribution < -0.4 is 5.32 Å². The van der Waals surface area contributed by atoms with Crippen LogP contribution in [-0.4, -0.2) is 68.8 Å². The zero-order valence-electron chi connectivity index (χ0n) is 17.1. The molecule has 9 nitrogen and oxygen atoms in total. The number of ether oxygens (including phenoxy) is 1. The third kappa shape index (κ3) is 3.40. The summed E-state index contributed by atoms with van der Waals surface area (Å²) in [5.41, 5.74) is 3.12. The number of nitrogens with one attached hydrogen (secondary N) is 2. The fraction of sp³-hybridized carbons (Fsp3) is 0.333. The quantitative estimate of drug-likeness (QED) is 0.421. The first-order valence-corrected chi connectivity index (χ1v) is 12.0. The minimum atomic E-state index is 0.0955.